The molecule has 58 valence electrons. The minimum atomic E-state index is -1.82. The normalized spacial score (nSPS) is 13.0. The molecule has 0 aliphatic rings. The van der Waals surface area contributed by atoms with Crippen LogP contribution in [0.1, 0.15) is 13.8 Å². The monoisotopic (exact) mass is 162 g/mol. The van der Waals surface area contributed by atoms with Crippen molar-refractivity contribution in [2.75, 3.05) is 0 Å². The molecule has 0 aliphatic carbocycles. The van der Waals surface area contributed by atoms with Gasteiger partial charge in [-0.2, -0.15) is 0 Å². The SMILES string of the molecule is CC=C(C)[SiH2]OOB(O)O. The minimum Gasteiger partial charge on any atom is -0.400 e. The van der Waals surface area contributed by atoms with Crippen LogP contribution in [-0.4, -0.2) is 27.1 Å². The van der Waals surface area contributed by atoms with Crippen LogP contribution in [0.5, 0.6) is 0 Å². The highest BCUT2D eigenvalue weighted by Gasteiger charge is 2.08. The van der Waals surface area contributed by atoms with Gasteiger partial charge in [-0.15, -0.1) is 0 Å². The second kappa shape index (κ2) is 5.63. The Kier molecular flexibility index (Phi) is 5.55. The molecule has 0 aromatic heterocycles. The molecule has 0 rings (SSSR count). The Labute approximate surface area is 62.5 Å². The summed E-state index contributed by atoms with van der Waals surface area (Å²) in [5, 5.41) is 17.4. The lowest BCUT2D eigenvalue weighted by Crippen LogP contribution is -2.18. The first kappa shape index (κ1) is 9.86. The number of allylic oxidation sites excluding steroid dienone is 2. The van der Waals surface area contributed by atoms with E-state index in [1.54, 1.807) is 0 Å². The fraction of sp³-hybridized carbons (Fsp3) is 0.500. The molecule has 0 radical (unpaired) electrons. The lowest BCUT2D eigenvalue weighted by Gasteiger charge is -2.01. The average Bonchev–Trinajstić information content (AvgIpc) is 1.87. The second-order valence-corrected chi connectivity index (χ2v) is 3.46. The van der Waals surface area contributed by atoms with E-state index >= 15 is 0 Å². The minimum absolute atomic E-state index is 0.888. The highest BCUT2D eigenvalue weighted by Crippen LogP contribution is 1.89. The largest absolute Gasteiger partial charge is 0.661 e. The molecular formula is C4H11BO4Si. The molecule has 0 spiro atoms. The van der Waals surface area contributed by atoms with Crippen LogP contribution < -0.4 is 0 Å². The Balaban J connectivity index is 3.20. The van der Waals surface area contributed by atoms with E-state index in [1.165, 1.54) is 0 Å². The van der Waals surface area contributed by atoms with Crippen LogP contribution in [0.25, 0.3) is 0 Å². The summed E-state index contributed by atoms with van der Waals surface area (Å²) in [7, 11) is -2.71. The van der Waals surface area contributed by atoms with Gasteiger partial charge in [0.25, 0.3) is 0 Å². The van der Waals surface area contributed by atoms with Crippen molar-refractivity contribution in [1.82, 2.24) is 0 Å². The maximum atomic E-state index is 8.15. The van der Waals surface area contributed by atoms with Gasteiger partial charge in [-0.25, -0.2) is 4.81 Å². The quantitative estimate of drug-likeness (QED) is 0.313. The van der Waals surface area contributed by atoms with Gasteiger partial charge in [-0.3, -0.25) is 4.58 Å². The van der Waals surface area contributed by atoms with Gasteiger partial charge in [0, 0.05) is 0 Å². The van der Waals surface area contributed by atoms with Gasteiger partial charge in [0.2, 0.25) is 9.76 Å². The summed E-state index contributed by atoms with van der Waals surface area (Å²) in [6.07, 6.45) is 1.90. The van der Waals surface area contributed by atoms with Crippen LogP contribution in [0.4, 0.5) is 0 Å². The fourth-order valence-electron chi connectivity index (χ4n) is 0.271. The highest BCUT2D eigenvalue weighted by atomic mass is 28.2. The fourth-order valence-corrected chi connectivity index (χ4v) is 0.813. The zero-order chi connectivity index (χ0) is 7.98. The van der Waals surface area contributed by atoms with Gasteiger partial charge < -0.3 is 10.0 Å². The third-order valence-electron chi connectivity index (χ3n) is 0.934. The van der Waals surface area contributed by atoms with E-state index < -0.39 is 17.1 Å². The van der Waals surface area contributed by atoms with Crippen molar-refractivity contribution in [1.29, 1.82) is 0 Å². The standard InChI is InChI=1S/C4H11BO4Si/c1-3-4(2)10-9-8-5(6)7/h3,6-7H,10H2,1-2H3. The number of rotatable bonds is 4. The van der Waals surface area contributed by atoms with E-state index in [9.17, 15) is 0 Å². The third kappa shape index (κ3) is 5.99. The van der Waals surface area contributed by atoms with E-state index in [-0.39, 0.29) is 0 Å². The van der Waals surface area contributed by atoms with Gasteiger partial charge >= 0.3 is 7.32 Å². The molecule has 2 N–H and O–H groups in total. The van der Waals surface area contributed by atoms with Crippen molar-refractivity contribution >= 4 is 17.1 Å². The predicted molar refractivity (Wildman–Crippen MR) is 40.3 cm³/mol. The molecule has 0 saturated heterocycles. The zero-order valence-electron chi connectivity index (χ0n) is 6.07. The molecule has 6 heteroatoms. The number of hydrogen-bond acceptors (Lipinski definition) is 4. The summed E-state index contributed by atoms with van der Waals surface area (Å²) in [5.74, 6) is 0. The topological polar surface area (TPSA) is 58.9 Å². The van der Waals surface area contributed by atoms with Gasteiger partial charge in [0.05, 0.1) is 0 Å². The first-order valence-corrected chi connectivity index (χ1v) is 4.21. The van der Waals surface area contributed by atoms with Gasteiger partial charge in [0.15, 0.2) is 0 Å². The van der Waals surface area contributed by atoms with Crippen molar-refractivity contribution in [3.63, 3.8) is 0 Å². The van der Waals surface area contributed by atoms with Gasteiger partial charge in [-0.1, -0.05) is 11.3 Å². The lowest BCUT2D eigenvalue weighted by atomic mass is 10.3. The lowest BCUT2D eigenvalue weighted by molar-refractivity contribution is -0.136. The average molecular weight is 162 g/mol. The Morgan fingerprint density at radius 2 is 2.20 bits per heavy atom. The summed E-state index contributed by atoms with van der Waals surface area (Å²) in [4.78, 5) is 4.05. The van der Waals surface area contributed by atoms with E-state index in [4.69, 9.17) is 10.0 Å². The molecule has 0 saturated carbocycles. The molecule has 0 unspecified atom stereocenters. The van der Waals surface area contributed by atoms with Crippen LogP contribution in [0.15, 0.2) is 11.3 Å². The maximum absolute atomic E-state index is 8.15. The molecule has 0 amide bonds. The van der Waals surface area contributed by atoms with Crippen LogP contribution in [0, 0.1) is 0 Å². The molecule has 0 aliphatic heterocycles. The summed E-state index contributed by atoms with van der Waals surface area (Å²) >= 11 is 0. The second-order valence-electron chi connectivity index (χ2n) is 1.82. The highest BCUT2D eigenvalue weighted by molar-refractivity contribution is 6.38. The smallest absolute Gasteiger partial charge is 0.400 e. The predicted octanol–water partition coefficient (Wildman–Crippen LogP) is -1.09. The molecule has 10 heavy (non-hydrogen) atoms. The molecule has 0 heterocycles. The van der Waals surface area contributed by atoms with E-state index in [1.807, 2.05) is 19.9 Å². The summed E-state index contributed by atoms with van der Waals surface area (Å²) in [6, 6.07) is 0. The van der Waals surface area contributed by atoms with Crippen molar-refractivity contribution < 1.29 is 19.4 Å². The van der Waals surface area contributed by atoms with Crippen LogP contribution in [-0.2, 0) is 9.38 Å². The Morgan fingerprint density at radius 3 is 2.60 bits per heavy atom. The Bertz CT molecular complexity index is 116. The Morgan fingerprint density at radius 1 is 1.60 bits per heavy atom. The molecule has 0 aromatic rings. The number of hydrogen-bond donors (Lipinski definition) is 2. The van der Waals surface area contributed by atoms with Gasteiger partial charge in [0.1, 0.15) is 0 Å². The van der Waals surface area contributed by atoms with E-state index in [2.05, 4.69) is 9.38 Å². The van der Waals surface area contributed by atoms with E-state index in [0.717, 1.165) is 5.20 Å². The first-order valence-electron chi connectivity index (χ1n) is 2.93. The van der Waals surface area contributed by atoms with Crippen LogP contribution in [0.2, 0.25) is 0 Å². The Hall–Kier alpha value is -0.138. The van der Waals surface area contributed by atoms with Crippen molar-refractivity contribution in [3.05, 3.63) is 11.3 Å². The molecule has 0 aromatic carbocycles. The van der Waals surface area contributed by atoms with Crippen LogP contribution >= 0.6 is 0 Å². The summed E-state index contributed by atoms with van der Waals surface area (Å²) < 4.78 is 4.52. The van der Waals surface area contributed by atoms with Crippen LogP contribution in [0.3, 0.4) is 0 Å². The third-order valence-corrected chi connectivity index (χ3v) is 2.05. The van der Waals surface area contributed by atoms with Gasteiger partial charge in [-0.05, 0) is 13.8 Å². The van der Waals surface area contributed by atoms with E-state index in [0.29, 0.717) is 0 Å². The first-order chi connectivity index (χ1) is 4.66. The van der Waals surface area contributed by atoms with Crippen molar-refractivity contribution in [3.8, 4) is 0 Å². The molecule has 0 fully saturated rings. The molecular weight excluding hydrogens is 151 g/mol. The summed E-state index contributed by atoms with van der Waals surface area (Å²) in [5.41, 5.74) is 0. The summed E-state index contributed by atoms with van der Waals surface area (Å²) in [6.45, 7) is 3.79. The zero-order valence-corrected chi connectivity index (χ0v) is 7.49. The van der Waals surface area contributed by atoms with Crippen molar-refractivity contribution in [2.24, 2.45) is 0 Å². The maximum Gasteiger partial charge on any atom is 0.661 e. The molecule has 0 bridgehead atoms. The van der Waals surface area contributed by atoms with Crippen molar-refractivity contribution in [2.45, 2.75) is 13.8 Å². The molecule has 4 nitrogen and oxygen atoms in total. The molecule has 0 atom stereocenters.